The van der Waals surface area contributed by atoms with Crippen LogP contribution in [0.4, 0.5) is 11.4 Å². The largest absolute Gasteiger partial charge is 0.339 e. The van der Waals surface area contributed by atoms with Crippen molar-refractivity contribution in [1.82, 2.24) is 4.90 Å². The van der Waals surface area contributed by atoms with E-state index < -0.39 is 20.0 Å². The summed E-state index contributed by atoms with van der Waals surface area (Å²) in [6.07, 6.45) is 3.69. The molecule has 1 heterocycles. The Morgan fingerprint density at radius 2 is 1.46 bits per heavy atom. The van der Waals surface area contributed by atoms with Crippen LogP contribution in [0.3, 0.4) is 0 Å². The highest BCUT2D eigenvalue weighted by molar-refractivity contribution is 7.98. The van der Waals surface area contributed by atoms with Gasteiger partial charge in [0.05, 0.1) is 21.0 Å². The van der Waals surface area contributed by atoms with Crippen LogP contribution in [0.1, 0.15) is 41.3 Å². The first kappa shape index (κ1) is 29.0. The van der Waals surface area contributed by atoms with Gasteiger partial charge in [0.15, 0.2) is 0 Å². The number of hydrogen-bond donors (Lipinski definition) is 2. The summed E-state index contributed by atoms with van der Waals surface area (Å²) in [5, 5.41) is 0. The van der Waals surface area contributed by atoms with Crippen molar-refractivity contribution < 1.29 is 21.6 Å². The Labute approximate surface area is 235 Å². The van der Waals surface area contributed by atoms with Gasteiger partial charge in [-0.2, -0.15) is 0 Å². The van der Waals surface area contributed by atoms with Crippen molar-refractivity contribution in [2.75, 3.05) is 28.8 Å². The van der Waals surface area contributed by atoms with Gasteiger partial charge in [-0.05, 0) is 93.0 Å². The van der Waals surface area contributed by atoms with Crippen molar-refractivity contribution in [3.05, 3.63) is 77.4 Å². The molecule has 0 aliphatic carbocycles. The smallest absolute Gasteiger partial charge is 0.261 e. The van der Waals surface area contributed by atoms with Gasteiger partial charge in [0.2, 0.25) is 0 Å². The van der Waals surface area contributed by atoms with Gasteiger partial charge >= 0.3 is 0 Å². The van der Waals surface area contributed by atoms with E-state index in [9.17, 15) is 21.6 Å². The number of aryl methyl sites for hydroxylation is 2. The summed E-state index contributed by atoms with van der Waals surface area (Å²) in [7, 11) is -7.91. The van der Waals surface area contributed by atoms with Crippen molar-refractivity contribution in [3.8, 4) is 0 Å². The highest BCUT2D eigenvalue weighted by Crippen LogP contribution is 2.28. The summed E-state index contributed by atoms with van der Waals surface area (Å²) in [5.41, 5.74) is 2.85. The van der Waals surface area contributed by atoms with Crippen LogP contribution >= 0.6 is 11.8 Å². The van der Waals surface area contributed by atoms with E-state index >= 15 is 0 Å². The van der Waals surface area contributed by atoms with E-state index in [0.717, 1.165) is 24.0 Å². The molecule has 8 nitrogen and oxygen atoms in total. The predicted octanol–water partition coefficient (Wildman–Crippen LogP) is 5.50. The molecule has 0 unspecified atom stereocenters. The first-order valence-electron chi connectivity index (χ1n) is 12.6. The molecule has 3 aromatic carbocycles. The highest BCUT2D eigenvalue weighted by atomic mass is 32.2. The summed E-state index contributed by atoms with van der Waals surface area (Å²) in [6.45, 7) is 7.21. The summed E-state index contributed by atoms with van der Waals surface area (Å²) in [4.78, 5) is 15.7. The van der Waals surface area contributed by atoms with Crippen LogP contribution in [0.5, 0.6) is 0 Å². The third-order valence-electron chi connectivity index (χ3n) is 6.83. The third kappa shape index (κ3) is 6.77. The fraction of sp³-hybridized carbons (Fsp3) is 0.321. The van der Waals surface area contributed by atoms with Crippen LogP contribution < -0.4 is 9.44 Å². The molecule has 3 aromatic rings. The molecule has 1 fully saturated rings. The molecule has 0 atom stereocenters. The number of anilines is 2. The molecule has 2 N–H and O–H groups in total. The quantitative estimate of drug-likeness (QED) is 0.337. The van der Waals surface area contributed by atoms with Crippen LogP contribution in [-0.4, -0.2) is 47.0 Å². The number of amides is 1. The molecule has 1 amide bonds. The standard InChI is InChI=1S/C28H33N3O5S3/c1-19-13-15-31(16-14-19)28(32)25-18-24(10-12-27(25)37-4)39(35,36)29-22-6-8-23(9-7-22)38(33,34)30-26-11-5-20(2)17-21(26)3/h5-12,17-19,29-30H,13-16H2,1-4H3. The molecular weight excluding hydrogens is 555 g/mol. The van der Waals surface area contributed by atoms with Crippen molar-refractivity contribution in [2.45, 2.75) is 48.3 Å². The number of likely N-dealkylation sites (tertiary alicyclic amines) is 1. The Hall–Kier alpha value is -3.02. The van der Waals surface area contributed by atoms with E-state index in [2.05, 4.69) is 16.4 Å². The molecule has 0 aromatic heterocycles. The fourth-order valence-corrected chi connectivity index (χ4v) is 7.24. The lowest BCUT2D eigenvalue weighted by Crippen LogP contribution is -2.38. The van der Waals surface area contributed by atoms with Gasteiger partial charge in [-0.15, -0.1) is 11.8 Å². The summed E-state index contributed by atoms with van der Waals surface area (Å²) in [5.74, 6) is 0.392. The molecular formula is C28H33N3O5S3. The maximum atomic E-state index is 13.3. The molecule has 0 spiro atoms. The van der Waals surface area contributed by atoms with Gasteiger partial charge in [-0.1, -0.05) is 24.6 Å². The zero-order valence-electron chi connectivity index (χ0n) is 22.4. The topological polar surface area (TPSA) is 113 Å². The molecule has 4 rings (SSSR count). The number of rotatable bonds is 8. The Balaban J connectivity index is 1.53. The Morgan fingerprint density at radius 3 is 2.08 bits per heavy atom. The second-order valence-corrected chi connectivity index (χ2v) is 14.1. The monoisotopic (exact) mass is 587 g/mol. The molecule has 1 aliphatic rings. The van der Waals surface area contributed by atoms with Crippen molar-refractivity contribution in [2.24, 2.45) is 5.92 Å². The first-order valence-corrected chi connectivity index (χ1v) is 16.8. The minimum absolute atomic E-state index is 0.00141. The van der Waals surface area contributed by atoms with Gasteiger partial charge in [0.25, 0.3) is 26.0 Å². The molecule has 0 bridgehead atoms. The second-order valence-electron chi connectivity index (χ2n) is 9.89. The van der Waals surface area contributed by atoms with E-state index in [-0.39, 0.29) is 21.4 Å². The van der Waals surface area contributed by atoms with Gasteiger partial charge < -0.3 is 4.90 Å². The van der Waals surface area contributed by atoms with E-state index in [1.54, 1.807) is 17.0 Å². The lowest BCUT2D eigenvalue weighted by molar-refractivity contribution is 0.0693. The van der Waals surface area contributed by atoms with Crippen LogP contribution in [-0.2, 0) is 20.0 Å². The summed E-state index contributed by atoms with van der Waals surface area (Å²) >= 11 is 1.39. The summed E-state index contributed by atoms with van der Waals surface area (Å²) < 4.78 is 57.2. The fourth-order valence-electron chi connectivity index (χ4n) is 4.45. The number of carbonyl (C=O) groups excluding carboxylic acids is 1. The van der Waals surface area contributed by atoms with Crippen LogP contribution in [0, 0.1) is 19.8 Å². The first-order chi connectivity index (χ1) is 18.4. The second kappa shape index (κ2) is 11.6. The van der Waals surface area contributed by atoms with Crippen molar-refractivity contribution >= 4 is 49.1 Å². The van der Waals surface area contributed by atoms with Gasteiger partial charge in [0, 0.05) is 23.7 Å². The zero-order chi connectivity index (χ0) is 28.4. The number of thioether (sulfide) groups is 1. The molecule has 1 saturated heterocycles. The predicted molar refractivity (Wildman–Crippen MR) is 156 cm³/mol. The number of hydrogen-bond acceptors (Lipinski definition) is 6. The minimum atomic E-state index is -4.04. The average Bonchev–Trinajstić information content (AvgIpc) is 2.90. The highest BCUT2D eigenvalue weighted by Gasteiger charge is 2.26. The maximum absolute atomic E-state index is 13.3. The molecule has 39 heavy (non-hydrogen) atoms. The van der Waals surface area contributed by atoms with E-state index in [1.165, 1.54) is 48.2 Å². The molecule has 0 radical (unpaired) electrons. The normalized spacial score (nSPS) is 14.7. The number of piperidine rings is 1. The number of benzene rings is 3. The molecule has 11 heteroatoms. The Bertz CT molecular complexity index is 1580. The lowest BCUT2D eigenvalue weighted by atomic mass is 9.98. The van der Waals surface area contributed by atoms with Gasteiger partial charge in [-0.3, -0.25) is 14.2 Å². The van der Waals surface area contributed by atoms with E-state index in [4.69, 9.17) is 0 Å². The minimum Gasteiger partial charge on any atom is -0.339 e. The van der Waals surface area contributed by atoms with Crippen LogP contribution in [0.15, 0.2) is 75.4 Å². The molecule has 208 valence electrons. The van der Waals surface area contributed by atoms with E-state index in [0.29, 0.717) is 35.2 Å². The number of sulfonamides is 2. The van der Waals surface area contributed by atoms with Crippen LogP contribution in [0.2, 0.25) is 0 Å². The summed E-state index contributed by atoms with van der Waals surface area (Å²) in [6, 6.07) is 15.4. The zero-order valence-corrected chi connectivity index (χ0v) is 24.8. The van der Waals surface area contributed by atoms with Gasteiger partial charge in [-0.25, -0.2) is 16.8 Å². The average molecular weight is 588 g/mol. The number of nitrogens with one attached hydrogen (secondary N) is 2. The van der Waals surface area contributed by atoms with Crippen molar-refractivity contribution in [1.29, 1.82) is 0 Å². The number of nitrogens with zero attached hydrogens (tertiary/aromatic N) is 1. The Morgan fingerprint density at radius 1 is 0.846 bits per heavy atom. The van der Waals surface area contributed by atoms with E-state index in [1.807, 2.05) is 32.2 Å². The number of carbonyl (C=O) groups is 1. The SMILES string of the molecule is CSc1ccc(S(=O)(=O)Nc2ccc(S(=O)(=O)Nc3ccc(C)cc3C)cc2)cc1C(=O)N1CCC(C)CC1. The maximum Gasteiger partial charge on any atom is 0.261 e. The van der Waals surface area contributed by atoms with Gasteiger partial charge in [0.1, 0.15) is 0 Å². The van der Waals surface area contributed by atoms with Crippen LogP contribution in [0.25, 0.3) is 0 Å². The molecule has 0 saturated carbocycles. The third-order valence-corrected chi connectivity index (χ3v) is 10.4. The van der Waals surface area contributed by atoms with Crippen molar-refractivity contribution in [3.63, 3.8) is 0 Å². The lowest BCUT2D eigenvalue weighted by Gasteiger charge is -2.30. The molecule has 1 aliphatic heterocycles. The Kier molecular flexibility index (Phi) is 8.63.